The highest BCUT2D eigenvalue weighted by molar-refractivity contribution is 5.22. The van der Waals surface area contributed by atoms with Crippen molar-refractivity contribution in [2.75, 3.05) is 13.2 Å². The number of benzene rings is 1. The fourth-order valence-electron chi connectivity index (χ4n) is 1.02. The summed E-state index contributed by atoms with van der Waals surface area (Å²) in [6, 6.07) is 7.42. The summed E-state index contributed by atoms with van der Waals surface area (Å²) in [5.74, 6) is -0.354. The van der Waals surface area contributed by atoms with Crippen molar-refractivity contribution in [2.24, 2.45) is 0 Å². The molecule has 0 aliphatic heterocycles. The minimum Gasteiger partial charge on any atom is -0.394 e. The highest BCUT2D eigenvalue weighted by atomic mass is 19.1. The van der Waals surface area contributed by atoms with Gasteiger partial charge in [0.15, 0.2) is 6.10 Å². The van der Waals surface area contributed by atoms with E-state index in [1.165, 1.54) is 24.3 Å². The van der Waals surface area contributed by atoms with E-state index < -0.39 is 6.10 Å². The van der Waals surface area contributed by atoms with Crippen LogP contribution in [0.2, 0.25) is 0 Å². The van der Waals surface area contributed by atoms with Gasteiger partial charge in [0.2, 0.25) is 0 Å². The van der Waals surface area contributed by atoms with Crippen molar-refractivity contribution in [1.29, 1.82) is 5.26 Å². The molecule has 1 aromatic rings. The van der Waals surface area contributed by atoms with Crippen LogP contribution in [0.25, 0.3) is 0 Å². The largest absolute Gasteiger partial charge is 0.394 e. The lowest BCUT2D eigenvalue weighted by Gasteiger charge is -2.09. The summed E-state index contributed by atoms with van der Waals surface area (Å²) in [6.07, 6.45) is -0.747. The molecule has 0 radical (unpaired) electrons. The van der Waals surface area contributed by atoms with Gasteiger partial charge in [0.05, 0.1) is 19.3 Å². The molecule has 0 fully saturated rings. The van der Waals surface area contributed by atoms with E-state index in [1.807, 2.05) is 6.07 Å². The van der Waals surface area contributed by atoms with Gasteiger partial charge >= 0.3 is 0 Å². The summed E-state index contributed by atoms with van der Waals surface area (Å²) in [7, 11) is 0. The van der Waals surface area contributed by atoms with Gasteiger partial charge in [-0.3, -0.25) is 0 Å². The highest BCUT2D eigenvalue weighted by Crippen LogP contribution is 2.16. The number of hydrogen-bond donors (Lipinski definition) is 1. The molecule has 0 heterocycles. The Hall–Kier alpha value is -1.44. The van der Waals surface area contributed by atoms with Crippen molar-refractivity contribution in [3.63, 3.8) is 0 Å². The molecule has 0 saturated heterocycles. The van der Waals surface area contributed by atoms with Gasteiger partial charge < -0.3 is 9.84 Å². The third-order valence-corrected chi connectivity index (χ3v) is 1.67. The predicted molar refractivity (Wildman–Crippen MR) is 47.8 cm³/mol. The van der Waals surface area contributed by atoms with E-state index in [4.69, 9.17) is 15.1 Å². The average molecular weight is 195 g/mol. The maximum absolute atomic E-state index is 12.5. The fraction of sp³-hybridized carbons (Fsp3) is 0.300. The molecular formula is C10H10FNO2. The van der Waals surface area contributed by atoms with Gasteiger partial charge in [0.1, 0.15) is 5.82 Å². The van der Waals surface area contributed by atoms with Gasteiger partial charge in [0.25, 0.3) is 0 Å². The molecule has 0 spiro atoms. The van der Waals surface area contributed by atoms with Crippen LogP contribution in [0.5, 0.6) is 0 Å². The van der Waals surface area contributed by atoms with Crippen molar-refractivity contribution in [3.8, 4) is 6.07 Å². The van der Waals surface area contributed by atoms with Crippen LogP contribution in [-0.2, 0) is 4.74 Å². The highest BCUT2D eigenvalue weighted by Gasteiger charge is 2.09. The number of nitrogens with zero attached hydrogens (tertiary/aromatic N) is 1. The molecule has 1 unspecified atom stereocenters. The van der Waals surface area contributed by atoms with E-state index >= 15 is 0 Å². The molecule has 0 bridgehead atoms. The fourth-order valence-corrected chi connectivity index (χ4v) is 1.02. The lowest BCUT2D eigenvalue weighted by molar-refractivity contribution is 0.0581. The molecule has 1 N–H and O–H groups in total. The number of halogens is 1. The molecular weight excluding hydrogens is 185 g/mol. The SMILES string of the molecule is N#CC(OCCO)c1ccc(F)cc1. The number of nitriles is 1. The lowest BCUT2D eigenvalue weighted by atomic mass is 10.1. The van der Waals surface area contributed by atoms with Crippen LogP contribution < -0.4 is 0 Å². The van der Waals surface area contributed by atoms with Crippen LogP contribution in [0, 0.1) is 17.1 Å². The van der Waals surface area contributed by atoms with Gasteiger partial charge in [0, 0.05) is 0 Å². The van der Waals surface area contributed by atoms with Gasteiger partial charge in [-0.2, -0.15) is 5.26 Å². The Balaban J connectivity index is 2.70. The minimum absolute atomic E-state index is 0.0929. The molecule has 0 aliphatic rings. The molecule has 0 aliphatic carbocycles. The Morgan fingerprint density at radius 3 is 2.57 bits per heavy atom. The third-order valence-electron chi connectivity index (χ3n) is 1.67. The van der Waals surface area contributed by atoms with Crippen LogP contribution in [0.1, 0.15) is 11.7 Å². The summed E-state index contributed by atoms with van der Waals surface area (Å²) < 4.78 is 17.6. The molecule has 0 amide bonds. The van der Waals surface area contributed by atoms with E-state index in [0.717, 1.165) is 0 Å². The first-order chi connectivity index (χ1) is 6.77. The predicted octanol–water partition coefficient (Wildman–Crippen LogP) is 1.40. The van der Waals surface area contributed by atoms with Crippen molar-refractivity contribution in [1.82, 2.24) is 0 Å². The molecule has 14 heavy (non-hydrogen) atoms. The second-order valence-electron chi connectivity index (χ2n) is 2.66. The first-order valence-corrected chi connectivity index (χ1v) is 4.15. The number of rotatable bonds is 4. The third kappa shape index (κ3) is 2.80. The molecule has 0 aromatic heterocycles. The number of ether oxygens (including phenoxy) is 1. The van der Waals surface area contributed by atoms with Crippen LogP contribution in [0.15, 0.2) is 24.3 Å². The summed E-state index contributed by atoms with van der Waals surface area (Å²) in [5, 5.41) is 17.2. The summed E-state index contributed by atoms with van der Waals surface area (Å²) in [6.45, 7) is -0.0466. The zero-order chi connectivity index (χ0) is 10.4. The molecule has 4 heteroatoms. The minimum atomic E-state index is -0.747. The van der Waals surface area contributed by atoms with Crippen molar-refractivity contribution >= 4 is 0 Å². The molecule has 1 rings (SSSR count). The molecule has 1 aromatic carbocycles. The van der Waals surface area contributed by atoms with Gasteiger partial charge in [-0.05, 0) is 17.7 Å². The second kappa shape index (κ2) is 5.32. The average Bonchev–Trinajstić information content (AvgIpc) is 2.21. The summed E-state index contributed by atoms with van der Waals surface area (Å²) >= 11 is 0. The van der Waals surface area contributed by atoms with Crippen molar-refractivity contribution in [3.05, 3.63) is 35.6 Å². The molecule has 1 atom stereocenters. The van der Waals surface area contributed by atoms with Crippen LogP contribution in [0.4, 0.5) is 4.39 Å². The van der Waals surface area contributed by atoms with E-state index in [2.05, 4.69) is 0 Å². The Morgan fingerprint density at radius 2 is 2.07 bits per heavy atom. The van der Waals surface area contributed by atoms with Gasteiger partial charge in [-0.25, -0.2) is 4.39 Å². The maximum atomic E-state index is 12.5. The van der Waals surface area contributed by atoms with E-state index in [1.54, 1.807) is 0 Å². The Kier molecular flexibility index (Phi) is 4.05. The quantitative estimate of drug-likeness (QED) is 0.790. The number of hydrogen-bond acceptors (Lipinski definition) is 3. The van der Waals surface area contributed by atoms with Crippen LogP contribution >= 0.6 is 0 Å². The Labute approximate surface area is 81.4 Å². The maximum Gasteiger partial charge on any atom is 0.169 e. The Morgan fingerprint density at radius 1 is 1.43 bits per heavy atom. The van der Waals surface area contributed by atoms with Crippen molar-refractivity contribution < 1.29 is 14.2 Å². The van der Waals surface area contributed by atoms with Gasteiger partial charge in [-0.15, -0.1) is 0 Å². The first-order valence-electron chi connectivity index (χ1n) is 4.15. The molecule has 74 valence electrons. The Bertz CT molecular complexity index is 318. The standard InChI is InChI=1S/C10H10FNO2/c11-9-3-1-8(2-4-9)10(7-12)14-6-5-13/h1-4,10,13H,5-6H2. The number of aliphatic hydroxyl groups excluding tert-OH is 1. The summed E-state index contributed by atoms with van der Waals surface area (Å²) in [5.41, 5.74) is 0.586. The zero-order valence-corrected chi connectivity index (χ0v) is 7.48. The monoisotopic (exact) mass is 195 g/mol. The molecule has 3 nitrogen and oxygen atoms in total. The van der Waals surface area contributed by atoms with E-state index in [0.29, 0.717) is 5.56 Å². The topological polar surface area (TPSA) is 53.2 Å². The number of aliphatic hydroxyl groups is 1. The summed E-state index contributed by atoms with van der Waals surface area (Å²) in [4.78, 5) is 0. The zero-order valence-electron chi connectivity index (χ0n) is 7.48. The smallest absolute Gasteiger partial charge is 0.169 e. The first kappa shape index (κ1) is 10.6. The second-order valence-corrected chi connectivity index (χ2v) is 2.66. The van der Waals surface area contributed by atoms with Crippen LogP contribution in [-0.4, -0.2) is 18.3 Å². The van der Waals surface area contributed by atoms with E-state index in [9.17, 15) is 4.39 Å². The lowest BCUT2D eigenvalue weighted by Crippen LogP contribution is -2.05. The van der Waals surface area contributed by atoms with Crippen LogP contribution in [0.3, 0.4) is 0 Å². The van der Waals surface area contributed by atoms with Gasteiger partial charge in [-0.1, -0.05) is 12.1 Å². The van der Waals surface area contributed by atoms with Crippen molar-refractivity contribution in [2.45, 2.75) is 6.10 Å². The molecule has 0 saturated carbocycles. The normalized spacial score (nSPS) is 12.1. The van der Waals surface area contributed by atoms with E-state index in [-0.39, 0.29) is 19.0 Å².